The molecule has 1 heterocycles. The molecule has 5 rings (SSSR count). The van der Waals surface area contributed by atoms with Gasteiger partial charge in [-0.2, -0.15) is 0 Å². The van der Waals surface area contributed by atoms with E-state index in [4.69, 9.17) is 0 Å². The molecule has 0 atom stereocenters. The van der Waals surface area contributed by atoms with Crippen molar-refractivity contribution >= 4 is 21.7 Å². The molecule has 0 radical (unpaired) electrons. The summed E-state index contributed by atoms with van der Waals surface area (Å²) in [6.07, 6.45) is 1.65. The normalized spacial score (nSPS) is 11.1. The molecule has 0 aliphatic heterocycles. The molecular formula is C24H16N2. The summed E-state index contributed by atoms with van der Waals surface area (Å²) < 4.78 is 0. The molecule has 0 saturated carbocycles. The number of rotatable bonds is 2. The first-order valence-electron chi connectivity index (χ1n) is 8.69. The van der Waals surface area contributed by atoms with Crippen LogP contribution in [0.3, 0.4) is 0 Å². The van der Waals surface area contributed by atoms with E-state index < -0.39 is 0 Å². The van der Waals surface area contributed by atoms with Gasteiger partial charge in [0, 0.05) is 10.9 Å². The second kappa shape index (κ2) is 6.08. The molecule has 0 saturated heterocycles. The zero-order valence-electron chi connectivity index (χ0n) is 14.1. The molecule has 2 nitrogen and oxygen atoms in total. The summed E-state index contributed by atoms with van der Waals surface area (Å²) in [4.78, 5) is 9.02. The molecule has 4 aromatic carbocycles. The second-order valence-corrected chi connectivity index (χ2v) is 6.31. The van der Waals surface area contributed by atoms with E-state index in [1.807, 2.05) is 24.3 Å². The maximum Gasteiger partial charge on any atom is 0.116 e. The number of fused-ring (bicyclic) bond motifs is 2. The van der Waals surface area contributed by atoms with E-state index in [0.717, 1.165) is 22.2 Å². The summed E-state index contributed by atoms with van der Waals surface area (Å²) in [5, 5.41) is 3.52. The summed E-state index contributed by atoms with van der Waals surface area (Å²) in [5.41, 5.74) is 5.55. The fourth-order valence-electron chi connectivity index (χ4n) is 3.59. The van der Waals surface area contributed by atoms with Crippen LogP contribution < -0.4 is 0 Å². The van der Waals surface area contributed by atoms with Gasteiger partial charge in [-0.25, -0.2) is 9.97 Å². The number of benzene rings is 4. The molecule has 122 valence electrons. The fraction of sp³-hybridized carbons (Fsp3) is 0. The number of aromatic nitrogens is 2. The molecule has 0 fully saturated rings. The maximum absolute atomic E-state index is 4.62. The van der Waals surface area contributed by atoms with Crippen LogP contribution in [-0.2, 0) is 0 Å². The van der Waals surface area contributed by atoms with Crippen LogP contribution in [0.25, 0.3) is 44.1 Å². The summed E-state index contributed by atoms with van der Waals surface area (Å²) in [6.45, 7) is 0. The molecular weight excluding hydrogens is 316 g/mol. The Hall–Kier alpha value is -3.52. The zero-order chi connectivity index (χ0) is 17.3. The summed E-state index contributed by atoms with van der Waals surface area (Å²) in [5.74, 6) is 0. The molecule has 0 N–H and O–H groups in total. The van der Waals surface area contributed by atoms with Gasteiger partial charge in [0.25, 0.3) is 0 Å². The van der Waals surface area contributed by atoms with E-state index in [0.29, 0.717) is 0 Å². The van der Waals surface area contributed by atoms with Crippen molar-refractivity contribution in [1.82, 2.24) is 9.97 Å². The predicted molar refractivity (Wildman–Crippen MR) is 108 cm³/mol. The Labute approximate surface area is 151 Å². The SMILES string of the molecule is c1ccc(-c2ccc(-c3ncnc4ccccc34)c3ccccc23)cc1. The Morgan fingerprint density at radius 1 is 0.462 bits per heavy atom. The van der Waals surface area contributed by atoms with Crippen molar-refractivity contribution in [3.05, 3.63) is 97.3 Å². The lowest BCUT2D eigenvalue weighted by Gasteiger charge is -2.12. The van der Waals surface area contributed by atoms with E-state index in [-0.39, 0.29) is 0 Å². The first-order valence-corrected chi connectivity index (χ1v) is 8.69. The van der Waals surface area contributed by atoms with Gasteiger partial charge in [0.05, 0.1) is 11.2 Å². The molecule has 5 aromatic rings. The Morgan fingerprint density at radius 3 is 1.88 bits per heavy atom. The van der Waals surface area contributed by atoms with E-state index in [2.05, 4.69) is 76.7 Å². The van der Waals surface area contributed by atoms with Gasteiger partial charge in [-0.1, -0.05) is 84.9 Å². The molecule has 0 aliphatic rings. The van der Waals surface area contributed by atoms with Gasteiger partial charge in [-0.15, -0.1) is 0 Å². The van der Waals surface area contributed by atoms with Crippen molar-refractivity contribution in [2.24, 2.45) is 0 Å². The van der Waals surface area contributed by atoms with Crippen molar-refractivity contribution in [3.8, 4) is 22.4 Å². The Bertz CT molecular complexity index is 1220. The minimum atomic E-state index is 0.966. The average molecular weight is 332 g/mol. The highest BCUT2D eigenvalue weighted by Gasteiger charge is 2.12. The van der Waals surface area contributed by atoms with Crippen LogP contribution in [0.15, 0.2) is 97.3 Å². The smallest absolute Gasteiger partial charge is 0.116 e. The van der Waals surface area contributed by atoms with Crippen molar-refractivity contribution in [3.63, 3.8) is 0 Å². The first-order chi connectivity index (χ1) is 12.9. The minimum Gasteiger partial charge on any atom is -0.236 e. The number of para-hydroxylation sites is 1. The number of nitrogens with zero attached hydrogens (tertiary/aromatic N) is 2. The molecule has 0 unspecified atom stereocenters. The molecule has 0 bridgehead atoms. The predicted octanol–water partition coefficient (Wildman–Crippen LogP) is 6.12. The van der Waals surface area contributed by atoms with Crippen LogP contribution in [0.4, 0.5) is 0 Å². The Kier molecular flexibility index (Phi) is 3.46. The van der Waals surface area contributed by atoms with Crippen LogP contribution >= 0.6 is 0 Å². The van der Waals surface area contributed by atoms with E-state index >= 15 is 0 Å². The average Bonchev–Trinajstić information content (AvgIpc) is 2.73. The quantitative estimate of drug-likeness (QED) is 0.389. The number of hydrogen-bond acceptors (Lipinski definition) is 2. The molecule has 0 amide bonds. The second-order valence-electron chi connectivity index (χ2n) is 6.31. The van der Waals surface area contributed by atoms with Gasteiger partial charge in [-0.3, -0.25) is 0 Å². The molecule has 1 aromatic heterocycles. The molecule has 0 spiro atoms. The maximum atomic E-state index is 4.62. The molecule has 26 heavy (non-hydrogen) atoms. The summed E-state index contributed by atoms with van der Waals surface area (Å²) >= 11 is 0. The molecule has 2 heteroatoms. The fourth-order valence-corrected chi connectivity index (χ4v) is 3.59. The Morgan fingerprint density at radius 2 is 1.08 bits per heavy atom. The van der Waals surface area contributed by atoms with Crippen LogP contribution in [0.2, 0.25) is 0 Å². The van der Waals surface area contributed by atoms with Gasteiger partial charge in [0.1, 0.15) is 6.33 Å². The third kappa shape index (κ3) is 2.35. The van der Waals surface area contributed by atoms with Gasteiger partial charge in [0.2, 0.25) is 0 Å². The minimum absolute atomic E-state index is 0.966. The highest BCUT2D eigenvalue weighted by Crippen LogP contribution is 2.36. The lowest BCUT2D eigenvalue weighted by Crippen LogP contribution is -1.91. The first kappa shape index (κ1) is 14.8. The zero-order valence-corrected chi connectivity index (χ0v) is 14.1. The number of hydrogen-bond donors (Lipinski definition) is 0. The largest absolute Gasteiger partial charge is 0.236 e. The highest BCUT2D eigenvalue weighted by atomic mass is 14.8. The standard InChI is InChI=1S/C24H16N2/c1-2-8-17(9-3-1)18-14-15-21(20-11-5-4-10-19(18)20)24-22-12-6-7-13-23(22)25-16-26-24/h1-16H. The summed E-state index contributed by atoms with van der Waals surface area (Å²) in [7, 11) is 0. The monoisotopic (exact) mass is 332 g/mol. The van der Waals surface area contributed by atoms with E-state index in [9.17, 15) is 0 Å². The van der Waals surface area contributed by atoms with Gasteiger partial charge >= 0.3 is 0 Å². The van der Waals surface area contributed by atoms with Crippen molar-refractivity contribution < 1.29 is 0 Å². The topological polar surface area (TPSA) is 25.8 Å². The van der Waals surface area contributed by atoms with Crippen LogP contribution in [0, 0.1) is 0 Å². The van der Waals surface area contributed by atoms with Gasteiger partial charge in [-0.05, 0) is 28.0 Å². The summed E-state index contributed by atoms with van der Waals surface area (Å²) in [6, 6.07) is 31.6. The van der Waals surface area contributed by atoms with Crippen molar-refractivity contribution in [1.29, 1.82) is 0 Å². The third-order valence-corrected chi connectivity index (χ3v) is 4.81. The van der Waals surface area contributed by atoms with Crippen molar-refractivity contribution in [2.45, 2.75) is 0 Å². The van der Waals surface area contributed by atoms with Crippen molar-refractivity contribution in [2.75, 3.05) is 0 Å². The van der Waals surface area contributed by atoms with Crippen LogP contribution in [0.1, 0.15) is 0 Å². The highest BCUT2D eigenvalue weighted by molar-refractivity contribution is 6.07. The van der Waals surface area contributed by atoms with Gasteiger partial charge in [0.15, 0.2) is 0 Å². The van der Waals surface area contributed by atoms with Crippen LogP contribution in [-0.4, -0.2) is 9.97 Å². The molecule has 0 aliphatic carbocycles. The van der Waals surface area contributed by atoms with E-state index in [1.54, 1.807) is 6.33 Å². The lowest BCUT2D eigenvalue weighted by molar-refractivity contribution is 1.23. The van der Waals surface area contributed by atoms with Gasteiger partial charge < -0.3 is 0 Å². The Balaban J connectivity index is 1.83. The van der Waals surface area contributed by atoms with Crippen LogP contribution in [0.5, 0.6) is 0 Å². The third-order valence-electron chi connectivity index (χ3n) is 4.81. The van der Waals surface area contributed by atoms with E-state index in [1.165, 1.54) is 21.9 Å². The lowest BCUT2D eigenvalue weighted by atomic mass is 9.93.